The van der Waals surface area contributed by atoms with E-state index in [0.29, 0.717) is 0 Å². The van der Waals surface area contributed by atoms with E-state index in [1.165, 1.54) is 6.92 Å². The second kappa shape index (κ2) is 11.1. The summed E-state index contributed by atoms with van der Waals surface area (Å²) < 4.78 is 24.4. The minimum Gasteiger partial charge on any atom is -0.454 e. The monoisotopic (exact) mass is 420 g/mol. The lowest BCUT2D eigenvalue weighted by Crippen LogP contribution is -2.62. The molecule has 4 atom stereocenters. The predicted octanol–water partition coefficient (Wildman–Crippen LogP) is 4.05. The molecule has 0 bridgehead atoms. The number of esters is 1. The van der Waals surface area contributed by atoms with E-state index in [0.717, 1.165) is 36.3 Å². The highest BCUT2D eigenvalue weighted by Crippen LogP contribution is 2.33. The van der Waals surface area contributed by atoms with Crippen molar-refractivity contribution in [1.29, 1.82) is 0 Å². The van der Waals surface area contributed by atoms with Crippen molar-refractivity contribution in [3.8, 4) is 0 Å². The average molecular weight is 421 g/mol. The summed E-state index contributed by atoms with van der Waals surface area (Å²) in [6.45, 7) is 14.6. The average Bonchev–Trinajstić information content (AvgIpc) is 2.68. The third-order valence-electron chi connectivity index (χ3n) is 6.36. The second-order valence-corrected chi connectivity index (χ2v) is 17.0. The zero-order valence-corrected chi connectivity index (χ0v) is 20.2. The van der Waals surface area contributed by atoms with Gasteiger partial charge in [-0.05, 0) is 36.3 Å². The fourth-order valence-corrected chi connectivity index (χ4v) is 9.64. The summed E-state index contributed by atoms with van der Waals surface area (Å²) in [5.41, 5.74) is 0. The van der Waals surface area contributed by atoms with Gasteiger partial charge in [-0.3, -0.25) is 4.79 Å². The predicted molar refractivity (Wildman–Crippen MR) is 112 cm³/mol. The molecule has 0 aromatic heterocycles. The van der Waals surface area contributed by atoms with Crippen LogP contribution < -0.4 is 0 Å². The van der Waals surface area contributed by atoms with Gasteiger partial charge in [0.1, 0.15) is 6.10 Å². The van der Waals surface area contributed by atoms with Crippen molar-refractivity contribution >= 4 is 22.6 Å². The largest absolute Gasteiger partial charge is 0.454 e. The fraction of sp³-hybridized carbons (Fsp3) is 0.947. The number of hydrogen-bond donors (Lipinski definition) is 1. The highest BCUT2D eigenvalue weighted by Gasteiger charge is 2.49. The molecule has 1 aliphatic heterocycles. The molecule has 1 saturated heterocycles. The van der Waals surface area contributed by atoms with Crippen LogP contribution in [0.1, 0.15) is 48.5 Å². The molecule has 0 saturated carbocycles. The maximum atomic E-state index is 11.7. The van der Waals surface area contributed by atoms with Crippen LogP contribution in [0.15, 0.2) is 0 Å². The van der Waals surface area contributed by atoms with E-state index < -0.39 is 41.1 Å². The van der Waals surface area contributed by atoms with Gasteiger partial charge in [0.15, 0.2) is 29.0 Å². The fourth-order valence-electron chi connectivity index (χ4n) is 3.93. The molecule has 0 aliphatic carbocycles. The van der Waals surface area contributed by atoms with Gasteiger partial charge in [-0.1, -0.05) is 41.5 Å². The van der Waals surface area contributed by atoms with Gasteiger partial charge < -0.3 is 23.4 Å². The van der Waals surface area contributed by atoms with Gasteiger partial charge in [-0.15, -0.1) is 0 Å². The normalized spacial score (nSPS) is 26.8. The lowest BCUT2D eigenvalue weighted by Gasteiger charge is -2.46. The van der Waals surface area contributed by atoms with E-state index in [2.05, 4.69) is 41.5 Å². The van der Waals surface area contributed by atoms with E-state index in [1.807, 2.05) is 0 Å². The lowest BCUT2D eigenvalue weighted by molar-refractivity contribution is -0.254. The molecular weight excluding hydrogens is 380 g/mol. The quantitative estimate of drug-likeness (QED) is 0.401. The highest BCUT2D eigenvalue weighted by atomic mass is 28.4. The van der Waals surface area contributed by atoms with Crippen LogP contribution in [0, 0.1) is 0 Å². The Hall–Kier alpha value is -0.256. The molecule has 0 amide bonds. The SMILES string of the molecule is CC[Si](CC)(CC)O[C@H]1[C@@H](O[Si](CC)(CC)CC)COC(O)[C@@H]1OC(C)=O. The van der Waals surface area contributed by atoms with Crippen molar-refractivity contribution < 1.29 is 28.2 Å². The zero-order valence-electron chi connectivity index (χ0n) is 18.2. The van der Waals surface area contributed by atoms with Crippen LogP contribution >= 0.6 is 0 Å². The van der Waals surface area contributed by atoms with Crippen LogP contribution in [0.3, 0.4) is 0 Å². The Morgan fingerprint density at radius 1 is 0.889 bits per heavy atom. The summed E-state index contributed by atoms with van der Waals surface area (Å²) in [5.74, 6) is -0.446. The molecule has 1 unspecified atom stereocenters. The molecule has 8 heteroatoms. The maximum absolute atomic E-state index is 11.7. The number of aliphatic hydroxyl groups excluding tert-OH is 1. The van der Waals surface area contributed by atoms with Crippen LogP contribution in [0.25, 0.3) is 0 Å². The molecule has 1 aliphatic rings. The highest BCUT2D eigenvalue weighted by molar-refractivity contribution is 6.74. The number of aliphatic hydroxyl groups is 1. The van der Waals surface area contributed by atoms with Gasteiger partial charge in [0, 0.05) is 6.92 Å². The number of carbonyl (C=O) groups excluding carboxylic acids is 1. The van der Waals surface area contributed by atoms with Crippen LogP contribution in [0.2, 0.25) is 36.3 Å². The molecule has 0 radical (unpaired) electrons. The van der Waals surface area contributed by atoms with E-state index in [-0.39, 0.29) is 12.7 Å². The number of carbonyl (C=O) groups is 1. The molecule has 0 aromatic rings. The first kappa shape index (κ1) is 24.8. The Kier molecular flexibility index (Phi) is 10.2. The third-order valence-corrected chi connectivity index (χ3v) is 15.7. The Balaban J connectivity index is 3.22. The van der Waals surface area contributed by atoms with Gasteiger partial charge in [0.2, 0.25) is 0 Å². The van der Waals surface area contributed by atoms with Crippen molar-refractivity contribution in [3.63, 3.8) is 0 Å². The smallest absolute Gasteiger partial charge is 0.303 e. The van der Waals surface area contributed by atoms with Gasteiger partial charge in [-0.2, -0.15) is 0 Å². The van der Waals surface area contributed by atoms with Gasteiger partial charge >= 0.3 is 5.97 Å². The van der Waals surface area contributed by atoms with E-state index >= 15 is 0 Å². The van der Waals surface area contributed by atoms with Gasteiger partial charge in [0.25, 0.3) is 0 Å². The van der Waals surface area contributed by atoms with Crippen LogP contribution in [0.5, 0.6) is 0 Å². The number of rotatable bonds is 11. The summed E-state index contributed by atoms with van der Waals surface area (Å²) in [4.78, 5) is 11.7. The zero-order chi connectivity index (χ0) is 20.7. The Bertz CT molecular complexity index is 437. The van der Waals surface area contributed by atoms with Crippen molar-refractivity contribution in [2.24, 2.45) is 0 Å². The van der Waals surface area contributed by atoms with Crippen LogP contribution in [-0.2, 0) is 23.1 Å². The van der Waals surface area contributed by atoms with Crippen molar-refractivity contribution in [3.05, 3.63) is 0 Å². The minimum absolute atomic E-state index is 0.264. The van der Waals surface area contributed by atoms with Crippen LogP contribution in [0.4, 0.5) is 0 Å². The molecule has 0 spiro atoms. The van der Waals surface area contributed by atoms with E-state index in [4.69, 9.17) is 18.3 Å². The molecule has 1 rings (SSSR count). The lowest BCUT2D eigenvalue weighted by atomic mass is 10.1. The first-order valence-corrected chi connectivity index (χ1v) is 15.6. The molecule has 1 fully saturated rings. The molecule has 1 N–H and O–H groups in total. The molecular formula is C19H40O6Si2. The first-order chi connectivity index (χ1) is 12.8. The number of hydrogen-bond acceptors (Lipinski definition) is 6. The van der Waals surface area contributed by atoms with E-state index in [9.17, 15) is 9.90 Å². The standard InChI is InChI=1S/C19H40O6Si2/c1-8-26(9-2,10-3)24-16-14-22-19(21)18(23-15(7)20)17(16)25-27(11-4,12-5)13-6/h16-19,21H,8-14H2,1-7H3/t16-,17-,18+,19?/m0/s1. The molecule has 0 aromatic carbocycles. The Labute approximate surface area is 167 Å². The van der Waals surface area contributed by atoms with Crippen molar-refractivity contribution in [2.45, 2.75) is 109 Å². The molecule has 1 heterocycles. The first-order valence-electron chi connectivity index (χ1n) is 10.6. The minimum atomic E-state index is -2.00. The molecule has 27 heavy (non-hydrogen) atoms. The molecule has 6 nitrogen and oxygen atoms in total. The third kappa shape index (κ3) is 6.11. The van der Waals surface area contributed by atoms with Crippen molar-refractivity contribution in [1.82, 2.24) is 0 Å². The number of ether oxygens (including phenoxy) is 2. The van der Waals surface area contributed by atoms with Gasteiger partial charge in [0.05, 0.1) is 12.7 Å². The molecule has 160 valence electrons. The van der Waals surface area contributed by atoms with Crippen LogP contribution in [-0.4, -0.2) is 58.9 Å². The Morgan fingerprint density at radius 2 is 1.33 bits per heavy atom. The maximum Gasteiger partial charge on any atom is 0.303 e. The summed E-state index contributed by atoms with van der Waals surface area (Å²) >= 11 is 0. The summed E-state index contributed by atoms with van der Waals surface area (Å²) in [7, 11) is -3.91. The summed E-state index contributed by atoms with van der Waals surface area (Å²) in [6, 6.07) is 5.98. The van der Waals surface area contributed by atoms with E-state index in [1.54, 1.807) is 0 Å². The van der Waals surface area contributed by atoms with Crippen molar-refractivity contribution in [2.75, 3.05) is 6.61 Å². The topological polar surface area (TPSA) is 74.2 Å². The summed E-state index contributed by atoms with van der Waals surface area (Å²) in [6.07, 6.45) is -2.84. The summed E-state index contributed by atoms with van der Waals surface area (Å²) in [5, 5.41) is 10.4. The van der Waals surface area contributed by atoms with Gasteiger partial charge in [-0.25, -0.2) is 0 Å². The second-order valence-electron chi connectivity index (χ2n) is 7.52. The Morgan fingerprint density at radius 3 is 1.74 bits per heavy atom.